The molecule has 2 unspecified atom stereocenters. The maximum absolute atomic E-state index is 5.75. The lowest BCUT2D eigenvalue weighted by atomic mass is 10.2. The van der Waals surface area contributed by atoms with Gasteiger partial charge >= 0.3 is 0 Å². The summed E-state index contributed by atoms with van der Waals surface area (Å²) in [6.45, 7) is 6.02. The highest BCUT2D eigenvalue weighted by Gasteiger charge is 2.21. The molecule has 90 valence electrons. The maximum Gasteiger partial charge on any atom is 0.0704 e. The Balaban J connectivity index is 1.74. The SMILES string of the molecule is Cc1nn(C)cc1CNCC1CCC(C)O1. The lowest BCUT2D eigenvalue weighted by molar-refractivity contribution is 0.0559. The number of nitrogens with zero attached hydrogens (tertiary/aromatic N) is 2. The van der Waals surface area contributed by atoms with Crippen molar-refractivity contribution in [3.63, 3.8) is 0 Å². The second-order valence-corrected chi connectivity index (χ2v) is 4.69. The molecule has 4 nitrogen and oxygen atoms in total. The molecule has 1 aromatic rings. The van der Waals surface area contributed by atoms with E-state index in [1.807, 2.05) is 18.7 Å². The van der Waals surface area contributed by atoms with Gasteiger partial charge in [-0.15, -0.1) is 0 Å². The molecular formula is C12H21N3O. The Labute approximate surface area is 97.0 Å². The second-order valence-electron chi connectivity index (χ2n) is 4.69. The van der Waals surface area contributed by atoms with E-state index in [0.29, 0.717) is 12.2 Å². The minimum Gasteiger partial charge on any atom is -0.374 e. The number of hydrogen-bond acceptors (Lipinski definition) is 3. The zero-order valence-corrected chi connectivity index (χ0v) is 10.4. The Morgan fingerprint density at radius 1 is 1.56 bits per heavy atom. The summed E-state index contributed by atoms with van der Waals surface area (Å²) in [6, 6.07) is 0. The molecule has 1 aliphatic heterocycles. The van der Waals surface area contributed by atoms with Gasteiger partial charge in [-0.2, -0.15) is 5.10 Å². The third-order valence-electron chi connectivity index (χ3n) is 3.12. The van der Waals surface area contributed by atoms with Crippen molar-refractivity contribution < 1.29 is 4.74 Å². The average molecular weight is 223 g/mol. The van der Waals surface area contributed by atoms with Gasteiger partial charge in [-0.1, -0.05) is 0 Å². The molecule has 4 heteroatoms. The summed E-state index contributed by atoms with van der Waals surface area (Å²) in [5.41, 5.74) is 2.38. The average Bonchev–Trinajstić information content (AvgIpc) is 2.74. The first-order chi connectivity index (χ1) is 7.65. The molecule has 0 spiro atoms. The monoisotopic (exact) mass is 223 g/mol. The minimum absolute atomic E-state index is 0.395. The molecule has 0 aromatic carbocycles. The Morgan fingerprint density at radius 2 is 2.38 bits per heavy atom. The van der Waals surface area contributed by atoms with Crippen LogP contribution < -0.4 is 5.32 Å². The summed E-state index contributed by atoms with van der Waals surface area (Å²) in [4.78, 5) is 0. The summed E-state index contributed by atoms with van der Waals surface area (Å²) in [7, 11) is 1.96. The smallest absolute Gasteiger partial charge is 0.0704 e. The molecule has 1 aromatic heterocycles. The fourth-order valence-corrected chi connectivity index (χ4v) is 2.23. The summed E-state index contributed by atoms with van der Waals surface area (Å²) in [5, 5.41) is 7.76. The van der Waals surface area contributed by atoms with Crippen LogP contribution in [0, 0.1) is 6.92 Å². The lowest BCUT2D eigenvalue weighted by Crippen LogP contribution is -2.26. The number of ether oxygens (including phenoxy) is 1. The van der Waals surface area contributed by atoms with Crippen LogP contribution in [-0.4, -0.2) is 28.5 Å². The van der Waals surface area contributed by atoms with Gasteiger partial charge in [0.15, 0.2) is 0 Å². The summed E-state index contributed by atoms with van der Waals surface area (Å²) in [6.07, 6.45) is 5.28. The van der Waals surface area contributed by atoms with E-state index in [2.05, 4.69) is 23.5 Å². The number of aryl methyl sites for hydroxylation is 2. The van der Waals surface area contributed by atoms with Gasteiger partial charge in [0.25, 0.3) is 0 Å². The third kappa shape index (κ3) is 2.83. The van der Waals surface area contributed by atoms with Gasteiger partial charge in [0.1, 0.15) is 0 Å². The van der Waals surface area contributed by atoms with Crippen LogP contribution in [0.5, 0.6) is 0 Å². The number of aromatic nitrogens is 2. The minimum atomic E-state index is 0.395. The molecule has 1 saturated heterocycles. The van der Waals surface area contributed by atoms with Crippen molar-refractivity contribution in [1.29, 1.82) is 0 Å². The van der Waals surface area contributed by atoms with E-state index in [-0.39, 0.29) is 0 Å². The van der Waals surface area contributed by atoms with Crippen molar-refractivity contribution in [3.8, 4) is 0 Å². The van der Waals surface area contributed by atoms with Gasteiger partial charge < -0.3 is 10.1 Å². The van der Waals surface area contributed by atoms with E-state index in [1.165, 1.54) is 18.4 Å². The van der Waals surface area contributed by atoms with Gasteiger partial charge in [-0.25, -0.2) is 0 Å². The fourth-order valence-electron chi connectivity index (χ4n) is 2.23. The normalized spacial score (nSPS) is 25.2. The highest BCUT2D eigenvalue weighted by Crippen LogP contribution is 2.18. The maximum atomic E-state index is 5.75. The largest absolute Gasteiger partial charge is 0.374 e. The molecule has 2 rings (SSSR count). The first kappa shape index (κ1) is 11.6. The molecule has 2 atom stereocenters. The van der Waals surface area contributed by atoms with Crippen LogP contribution in [0.15, 0.2) is 6.20 Å². The van der Waals surface area contributed by atoms with Gasteiger partial charge in [0.05, 0.1) is 17.9 Å². The van der Waals surface area contributed by atoms with Crippen LogP contribution in [0.2, 0.25) is 0 Å². The quantitative estimate of drug-likeness (QED) is 0.838. The first-order valence-corrected chi connectivity index (χ1v) is 6.00. The Bertz CT molecular complexity index is 348. The molecule has 0 radical (unpaired) electrons. The van der Waals surface area contributed by atoms with Crippen molar-refractivity contribution >= 4 is 0 Å². The highest BCUT2D eigenvalue weighted by atomic mass is 16.5. The van der Waals surface area contributed by atoms with Gasteiger partial charge in [-0.3, -0.25) is 4.68 Å². The van der Waals surface area contributed by atoms with Crippen molar-refractivity contribution in [2.24, 2.45) is 7.05 Å². The standard InChI is InChI=1S/C12H21N3O/c1-9-4-5-12(16-9)7-13-6-11-8-15(3)14-10(11)2/h8-9,12-13H,4-7H2,1-3H3. The molecule has 16 heavy (non-hydrogen) atoms. The van der Waals surface area contributed by atoms with Crippen LogP contribution >= 0.6 is 0 Å². The van der Waals surface area contributed by atoms with Crippen LogP contribution in [0.3, 0.4) is 0 Å². The van der Waals surface area contributed by atoms with E-state index < -0.39 is 0 Å². The van der Waals surface area contributed by atoms with E-state index in [4.69, 9.17) is 4.74 Å². The predicted molar refractivity (Wildman–Crippen MR) is 63.2 cm³/mol. The Morgan fingerprint density at radius 3 is 2.94 bits per heavy atom. The third-order valence-corrected chi connectivity index (χ3v) is 3.12. The second kappa shape index (κ2) is 4.97. The summed E-state index contributed by atoms with van der Waals surface area (Å²) < 4.78 is 7.61. The lowest BCUT2D eigenvalue weighted by Gasteiger charge is -2.11. The molecular weight excluding hydrogens is 202 g/mol. The van der Waals surface area contributed by atoms with Crippen molar-refractivity contribution in [3.05, 3.63) is 17.5 Å². The molecule has 0 aliphatic carbocycles. The zero-order valence-electron chi connectivity index (χ0n) is 10.4. The molecule has 0 amide bonds. The fraction of sp³-hybridized carbons (Fsp3) is 0.750. The van der Waals surface area contributed by atoms with Crippen molar-refractivity contribution in [2.75, 3.05) is 6.54 Å². The molecule has 2 heterocycles. The molecule has 1 aliphatic rings. The zero-order chi connectivity index (χ0) is 11.5. The highest BCUT2D eigenvalue weighted by molar-refractivity contribution is 5.14. The van der Waals surface area contributed by atoms with Crippen LogP contribution in [-0.2, 0) is 18.3 Å². The van der Waals surface area contributed by atoms with E-state index >= 15 is 0 Å². The molecule has 0 bridgehead atoms. The summed E-state index contributed by atoms with van der Waals surface area (Å²) in [5.74, 6) is 0. The predicted octanol–water partition coefficient (Wildman–Crippen LogP) is 1.39. The van der Waals surface area contributed by atoms with E-state index in [0.717, 1.165) is 18.8 Å². The summed E-state index contributed by atoms with van der Waals surface area (Å²) >= 11 is 0. The van der Waals surface area contributed by atoms with Gasteiger partial charge in [0.2, 0.25) is 0 Å². The number of nitrogens with one attached hydrogen (secondary N) is 1. The van der Waals surface area contributed by atoms with E-state index in [1.54, 1.807) is 0 Å². The van der Waals surface area contributed by atoms with Crippen LogP contribution in [0.25, 0.3) is 0 Å². The molecule has 1 N–H and O–H groups in total. The Kier molecular flexibility index (Phi) is 3.61. The molecule has 1 fully saturated rings. The van der Waals surface area contributed by atoms with Crippen LogP contribution in [0.1, 0.15) is 31.0 Å². The van der Waals surface area contributed by atoms with Gasteiger partial charge in [-0.05, 0) is 26.7 Å². The van der Waals surface area contributed by atoms with Crippen LogP contribution in [0.4, 0.5) is 0 Å². The number of hydrogen-bond donors (Lipinski definition) is 1. The Hall–Kier alpha value is -0.870. The number of rotatable bonds is 4. The topological polar surface area (TPSA) is 39.1 Å². The molecule has 0 saturated carbocycles. The van der Waals surface area contributed by atoms with E-state index in [9.17, 15) is 0 Å². The first-order valence-electron chi connectivity index (χ1n) is 6.00. The van der Waals surface area contributed by atoms with Gasteiger partial charge in [0, 0.05) is 31.9 Å². The van der Waals surface area contributed by atoms with Crippen molar-refractivity contribution in [2.45, 2.75) is 45.4 Å². The van der Waals surface area contributed by atoms with Crippen molar-refractivity contribution in [1.82, 2.24) is 15.1 Å².